The molecule has 0 spiro atoms. The van der Waals surface area contributed by atoms with Crippen LogP contribution in [0.1, 0.15) is 10.4 Å². The number of carbonyl (C=O) groups excluding carboxylic acids is 1. The number of nitriles is 2. The number of rotatable bonds is 0. The molecule has 0 bridgehead atoms. The smallest absolute Gasteiger partial charge is 0.283 e. The average Bonchev–Trinajstić information content (AvgIpc) is 2.48. The van der Waals surface area contributed by atoms with E-state index in [1.165, 1.54) is 0 Å². The molecule has 0 saturated carbocycles. The van der Waals surface area contributed by atoms with Crippen molar-refractivity contribution >= 4 is 11.6 Å². The number of hydrogen-bond donors (Lipinski definition) is 3. The Hall–Kier alpha value is -2.57. The Balaban J connectivity index is 2.52. The third-order valence-electron chi connectivity index (χ3n) is 2.19. The normalized spacial score (nSPS) is 16.8. The Morgan fingerprint density at radius 3 is 2.56 bits per heavy atom. The van der Waals surface area contributed by atoms with Gasteiger partial charge in [0.2, 0.25) is 0 Å². The van der Waals surface area contributed by atoms with Crippen molar-refractivity contribution in [3.63, 3.8) is 0 Å². The van der Waals surface area contributed by atoms with Gasteiger partial charge >= 0.3 is 0 Å². The van der Waals surface area contributed by atoms with E-state index in [0.717, 1.165) is 0 Å². The van der Waals surface area contributed by atoms with Gasteiger partial charge in [0.25, 0.3) is 11.6 Å². The fourth-order valence-electron chi connectivity index (χ4n) is 1.38. The summed E-state index contributed by atoms with van der Waals surface area (Å²) in [5, 5.41) is 20.5. The Bertz CT molecular complexity index is 511. The summed E-state index contributed by atoms with van der Waals surface area (Å²) in [6.45, 7) is 0. The van der Waals surface area contributed by atoms with Gasteiger partial charge in [0.15, 0.2) is 0 Å². The summed E-state index contributed by atoms with van der Waals surface area (Å²) in [5.41, 5.74) is 3.82. The second-order valence-corrected chi connectivity index (χ2v) is 3.22. The third-order valence-corrected chi connectivity index (χ3v) is 2.19. The molecule has 3 N–H and O–H groups in total. The predicted molar refractivity (Wildman–Crippen MR) is 54.6 cm³/mol. The zero-order valence-electron chi connectivity index (χ0n) is 8.11. The molecule has 0 unspecified atom stereocenters. The molecule has 16 heavy (non-hydrogen) atoms. The highest BCUT2D eigenvalue weighted by Crippen LogP contribution is 2.20. The average molecular weight is 213 g/mol. The molecule has 0 aromatic heterocycles. The van der Waals surface area contributed by atoms with Crippen molar-refractivity contribution in [2.24, 2.45) is 0 Å². The molecule has 0 atom stereocenters. The molecular weight excluding hydrogens is 206 g/mol. The lowest BCUT2D eigenvalue weighted by atomic mass is 10.1. The quantitative estimate of drug-likeness (QED) is 0.567. The maximum Gasteiger partial charge on any atom is 0.283 e. The molecule has 1 aliphatic heterocycles. The van der Waals surface area contributed by atoms with E-state index in [0.29, 0.717) is 11.3 Å². The molecule has 0 saturated heterocycles. The van der Waals surface area contributed by atoms with Crippen molar-refractivity contribution < 1.29 is 4.79 Å². The summed E-state index contributed by atoms with van der Waals surface area (Å²) in [6.07, 6.45) is 0. The number of hydrazine groups is 1. The number of fused-ring (bicyclic) bond motifs is 1. The molecule has 6 heteroatoms. The van der Waals surface area contributed by atoms with Gasteiger partial charge in [-0.3, -0.25) is 10.2 Å². The summed E-state index contributed by atoms with van der Waals surface area (Å²) < 4.78 is 0. The highest BCUT2D eigenvalue weighted by molar-refractivity contribution is 6.00. The summed E-state index contributed by atoms with van der Waals surface area (Å²) in [7, 11) is 0. The zero-order chi connectivity index (χ0) is 11.6. The summed E-state index contributed by atoms with van der Waals surface area (Å²) >= 11 is 0. The highest BCUT2D eigenvalue weighted by atomic mass is 16.2. The van der Waals surface area contributed by atoms with Gasteiger partial charge in [0.05, 0.1) is 11.3 Å². The van der Waals surface area contributed by atoms with Gasteiger partial charge in [0.1, 0.15) is 12.1 Å². The first-order valence-electron chi connectivity index (χ1n) is 4.48. The van der Waals surface area contributed by atoms with Gasteiger partial charge < -0.3 is 5.32 Å². The summed E-state index contributed by atoms with van der Waals surface area (Å²) in [5.74, 6) is -0.393. The Morgan fingerprint density at radius 1 is 1.19 bits per heavy atom. The third kappa shape index (κ3) is 1.44. The molecule has 0 fully saturated rings. The van der Waals surface area contributed by atoms with Crippen LogP contribution in [0.3, 0.4) is 0 Å². The first kappa shape index (κ1) is 9.97. The van der Waals surface area contributed by atoms with E-state index < -0.39 is 11.6 Å². The highest BCUT2D eigenvalue weighted by Gasteiger charge is 2.34. The minimum absolute atomic E-state index is 0.377. The molecule has 78 valence electrons. The maximum atomic E-state index is 11.6. The van der Waals surface area contributed by atoms with Crippen LogP contribution in [0.25, 0.3) is 0 Å². The summed E-state index contributed by atoms with van der Waals surface area (Å²) in [6, 6.07) is 10.2. The van der Waals surface area contributed by atoms with Crippen LogP contribution in [0.4, 0.5) is 5.69 Å². The SMILES string of the molecule is N#CC1(C#N)NNC(=O)c2ccccc2N1. The van der Waals surface area contributed by atoms with Gasteiger partial charge in [-0.2, -0.15) is 15.9 Å². The predicted octanol–water partition coefficient (Wildman–Crippen LogP) is 0.0900. The van der Waals surface area contributed by atoms with Gasteiger partial charge in [-0.1, -0.05) is 12.1 Å². The minimum Gasteiger partial charge on any atom is -0.342 e. The molecule has 1 aromatic rings. The second kappa shape index (κ2) is 3.54. The maximum absolute atomic E-state index is 11.6. The number of anilines is 1. The van der Waals surface area contributed by atoms with E-state index in [2.05, 4.69) is 16.2 Å². The van der Waals surface area contributed by atoms with Gasteiger partial charge in [-0.15, -0.1) is 0 Å². The summed E-state index contributed by atoms with van der Waals surface area (Å²) in [4.78, 5) is 11.6. The van der Waals surface area contributed by atoms with E-state index in [1.807, 2.05) is 0 Å². The fraction of sp³-hybridized carbons (Fsp3) is 0.100. The lowest BCUT2D eigenvalue weighted by Gasteiger charge is -2.19. The first-order valence-corrected chi connectivity index (χ1v) is 4.48. The van der Waals surface area contributed by atoms with Gasteiger partial charge in [0, 0.05) is 0 Å². The molecule has 1 aromatic carbocycles. The molecule has 1 aliphatic rings. The molecule has 0 aliphatic carbocycles. The van der Waals surface area contributed by atoms with Crippen molar-refractivity contribution in [3.8, 4) is 12.1 Å². The van der Waals surface area contributed by atoms with Crippen molar-refractivity contribution in [2.45, 2.75) is 5.66 Å². The van der Waals surface area contributed by atoms with E-state index in [4.69, 9.17) is 10.5 Å². The van der Waals surface area contributed by atoms with E-state index in [9.17, 15) is 4.79 Å². The number of nitrogens with zero attached hydrogens (tertiary/aromatic N) is 2. The van der Waals surface area contributed by atoms with Crippen molar-refractivity contribution in [2.75, 3.05) is 5.32 Å². The Morgan fingerprint density at radius 2 is 1.88 bits per heavy atom. The van der Waals surface area contributed by atoms with Crippen molar-refractivity contribution in [1.29, 1.82) is 10.5 Å². The van der Waals surface area contributed by atoms with Gasteiger partial charge in [-0.25, -0.2) is 0 Å². The lowest BCUT2D eigenvalue weighted by molar-refractivity contribution is 0.0931. The molecule has 6 nitrogen and oxygen atoms in total. The van der Waals surface area contributed by atoms with Crippen molar-refractivity contribution in [1.82, 2.24) is 10.9 Å². The topological polar surface area (TPSA) is 101 Å². The van der Waals surface area contributed by atoms with Crippen LogP contribution in [0.5, 0.6) is 0 Å². The largest absolute Gasteiger partial charge is 0.342 e. The molecule has 2 rings (SSSR count). The van der Waals surface area contributed by atoms with Crippen LogP contribution >= 0.6 is 0 Å². The van der Waals surface area contributed by atoms with Crippen LogP contribution in [-0.2, 0) is 0 Å². The second-order valence-electron chi connectivity index (χ2n) is 3.22. The number of para-hydroxylation sites is 1. The molecular formula is C10H7N5O. The number of benzene rings is 1. The van der Waals surface area contributed by atoms with E-state index >= 15 is 0 Å². The molecule has 0 radical (unpaired) electrons. The number of carbonyl (C=O) groups is 1. The minimum atomic E-state index is -1.65. The standard InChI is InChI=1S/C10H7N5O/c11-5-10(6-12)13-8-4-2-1-3-7(8)9(16)14-15-10/h1-4,13,15H,(H,14,16). The number of nitrogens with one attached hydrogen (secondary N) is 3. The first-order chi connectivity index (χ1) is 7.71. The number of hydrogen-bond acceptors (Lipinski definition) is 5. The molecule has 1 heterocycles. The van der Waals surface area contributed by atoms with Crippen LogP contribution < -0.4 is 16.2 Å². The van der Waals surface area contributed by atoms with Crippen LogP contribution in [0.15, 0.2) is 24.3 Å². The Labute approximate surface area is 91.5 Å². The van der Waals surface area contributed by atoms with Crippen LogP contribution in [0.2, 0.25) is 0 Å². The molecule has 1 amide bonds. The van der Waals surface area contributed by atoms with Crippen LogP contribution in [0, 0.1) is 22.7 Å². The number of amides is 1. The van der Waals surface area contributed by atoms with Crippen LogP contribution in [-0.4, -0.2) is 11.6 Å². The van der Waals surface area contributed by atoms with E-state index in [1.54, 1.807) is 36.4 Å². The fourth-order valence-corrected chi connectivity index (χ4v) is 1.38. The lowest BCUT2D eigenvalue weighted by Crippen LogP contribution is -2.55. The van der Waals surface area contributed by atoms with Crippen molar-refractivity contribution in [3.05, 3.63) is 29.8 Å². The Kier molecular flexibility index (Phi) is 2.20. The monoisotopic (exact) mass is 213 g/mol. The van der Waals surface area contributed by atoms with E-state index in [-0.39, 0.29) is 0 Å². The van der Waals surface area contributed by atoms with Gasteiger partial charge in [-0.05, 0) is 12.1 Å². The zero-order valence-corrected chi connectivity index (χ0v) is 8.11.